The van der Waals surface area contributed by atoms with E-state index in [0.29, 0.717) is 0 Å². The number of rotatable bonds is 10. The number of nitrogens with zero attached hydrogens (tertiary/aromatic N) is 3. The van der Waals surface area contributed by atoms with Crippen LogP contribution in [-0.2, 0) is 28.5 Å². The smallest absolute Gasteiger partial charge is 0.311 e. The number of carboxylic acids is 1. The van der Waals surface area contributed by atoms with Gasteiger partial charge in [0.2, 0.25) is 0 Å². The van der Waals surface area contributed by atoms with Gasteiger partial charge in [-0.25, -0.2) is 0 Å². The second kappa shape index (κ2) is 33.5. The second-order valence-corrected chi connectivity index (χ2v) is 20.1. The third-order valence-electron chi connectivity index (χ3n) is 13.7. The van der Waals surface area contributed by atoms with Gasteiger partial charge in [-0.05, 0) is 33.1 Å². The van der Waals surface area contributed by atoms with Crippen LogP contribution in [0.5, 0.6) is 0 Å². The summed E-state index contributed by atoms with van der Waals surface area (Å²) in [5, 5.41) is 122. The van der Waals surface area contributed by atoms with Crippen molar-refractivity contribution >= 4 is 23.9 Å². The molecule has 24 heteroatoms. The Kier molecular flexibility index (Phi) is 28.9. The van der Waals surface area contributed by atoms with E-state index >= 15 is 0 Å². The molecule has 3 rings (SSSR count). The fourth-order valence-corrected chi connectivity index (χ4v) is 9.37. The molecule has 3 heterocycles. The van der Waals surface area contributed by atoms with Crippen LogP contribution in [0.1, 0.15) is 79.1 Å². The summed E-state index contributed by atoms with van der Waals surface area (Å²) in [6, 6.07) is -1.08. The van der Waals surface area contributed by atoms with Crippen LogP contribution >= 0.6 is 0 Å². The largest absolute Gasteiger partial charge is 0.481 e. The summed E-state index contributed by atoms with van der Waals surface area (Å²) in [5.41, 5.74) is 22.2. The number of carbonyl (C=O) groups is 2. The highest BCUT2D eigenvalue weighted by Gasteiger charge is 2.51. The molecule has 2 saturated heterocycles. The third kappa shape index (κ3) is 23.5. The predicted molar refractivity (Wildman–Crippen MR) is 286 cm³/mol. The molecule has 0 aliphatic carbocycles. The number of esters is 1. The van der Waals surface area contributed by atoms with Gasteiger partial charge in [0.25, 0.3) is 0 Å². The summed E-state index contributed by atoms with van der Waals surface area (Å²) in [5.74, 6) is -7.41. The van der Waals surface area contributed by atoms with Crippen LogP contribution in [0.25, 0.3) is 0 Å². The van der Waals surface area contributed by atoms with E-state index in [0.717, 1.165) is 0 Å². The van der Waals surface area contributed by atoms with Crippen molar-refractivity contribution in [2.45, 2.75) is 177 Å². The molecule has 3 aliphatic rings. The van der Waals surface area contributed by atoms with Crippen molar-refractivity contribution in [3.63, 3.8) is 0 Å². The van der Waals surface area contributed by atoms with Crippen LogP contribution in [-0.4, -0.2) is 209 Å². The number of nitrogens with two attached hydrogens (primary N) is 4. The Morgan fingerprint density at radius 2 is 1.21 bits per heavy atom. The lowest BCUT2D eigenvalue weighted by molar-refractivity contribution is -0.312. The first-order valence-electron chi connectivity index (χ1n) is 26.1. The molecule has 0 radical (unpaired) electrons. The average molecular weight is 1090 g/mol. The minimum Gasteiger partial charge on any atom is -0.481 e. The van der Waals surface area contributed by atoms with E-state index in [4.69, 9.17) is 41.9 Å². The molecule has 0 aromatic rings. The summed E-state index contributed by atoms with van der Waals surface area (Å²) in [6.07, 6.45) is 2.31. The summed E-state index contributed by atoms with van der Waals surface area (Å²) >= 11 is 0. The van der Waals surface area contributed by atoms with Gasteiger partial charge in [-0.15, -0.1) is 0 Å². The molecule has 24 nitrogen and oxygen atoms in total. The van der Waals surface area contributed by atoms with E-state index in [1.807, 2.05) is 13.0 Å². The van der Waals surface area contributed by atoms with Crippen molar-refractivity contribution in [1.82, 2.24) is 4.90 Å². The molecule has 0 aromatic carbocycles. The number of hydrogen-bond acceptors (Lipinski definition) is 19. The van der Waals surface area contributed by atoms with Gasteiger partial charge < -0.3 is 98.1 Å². The van der Waals surface area contributed by atoms with Gasteiger partial charge in [-0.3, -0.25) is 24.5 Å². The number of ether oxygens (including phenoxy) is 4. The number of guanidine groups is 2. The average Bonchev–Trinajstić information content (AvgIpc) is 3.33. The Hall–Kier alpha value is -4.90. The van der Waals surface area contributed by atoms with Crippen molar-refractivity contribution in [3.05, 3.63) is 85.1 Å². The van der Waals surface area contributed by atoms with Gasteiger partial charge in [0.15, 0.2) is 24.0 Å². The van der Waals surface area contributed by atoms with Crippen molar-refractivity contribution in [1.29, 1.82) is 0 Å². The molecule has 0 amide bonds. The van der Waals surface area contributed by atoms with Crippen LogP contribution in [0.2, 0.25) is 0 Å². The van der Waals surface area contributed by atoms with E-state index < -0.39 is 153 Å². The normalized spacial score (nSPS) is 37.2. The predicted octanol–water partition coefficient (Wildman–Crippen LogP) is -1.40. The Balaban J connectivity index is 1.98. The van der Waals surface area contributed by atoms with Gasteiger partial charge >= 0.3 is 11.9 Å². The quantitative estimate of drug-likeness (QED) is 0.0680. The van der Waals surface area contributed by atoms with Gasteiger partial charge in [-0.2, -0.15) is 0 Å². The van der Waals surface area contributed by atoms with Crippen molar-refractivity contribution in [3.8, 4) is 0 Å². The molecule has 436 valence electrons. The molecule has 1 unspecified atom stereocenters. The number of fused-ring (bicyclic) bond motifs is 2. The van der Waals surface area contributed by atoms with Crippen molar-refractivity contribution in [2.75, 3.05) is 26.2 Å². The lowest BCUT2D eigenvalue weighted by Gasteiger charge is -2.47. The molecule has 0 aromatic heterocycles. The number of aliphatic imine (C=N–C) groups is 2. The summed E-state index contributed by atoms with van der Waals surface area (Å²) < 4.78 is 23.9. The van der Waals surface area contributed by atoms with E-state index in [-0.39, 0.29) is 63.3 Å². The summed E-state index contributed by atoms with van der Waals surface area (Å²) in [6.45, 7) is 7.11. The molecule has 3 aliphatic heterocycles. The van der Waals surface area contributed by atoms with Crippen LogP contribution in [0, 0.1) is 17.8 Å². The Morgan fingerprint density at radius 1 is 0.662 bits per heavy atom. The minimum absolute atomic E-state index is 0.0623. The molecule has 19 atom stereocenters. The highest BCUT2D eigenvalue weighted by atomic mass is 16.7. The lowest BCUT2D eigenvalue weighted by Crippen LogP contribution is -2.64. The number of allylic oxidation sites excluding steroid dienone is 12. The molecule has 0 saturated carbocycles. The van der Waals surface area contributed by atoms with Gasteiger partial charge in [-0.1, -0.05) is 98.9 Å². The van der Waals surface area contributed by atoms with Crippen LogP contribution in [0.3, 0.4) is 0 Å². The van der Waals surface area contributed by atoms with E-state index in [2.05, 4.69) is 9.98 Å². The first-order chi connectivity index (χ1) is 36.3. The zero-order chi connectivity index (χ0) is 57.4. The number of hydrogen-bond donors (Lipinski definition) is 15. The minimum atomic E-state index is -2.39. The molecular weight excluding hydrogens is 1010 g/mol. The Bertz CT molecular complexity index is 2040. The molecule has 2 bridgehead atoms. The van der Waals surface area contributed by atoms with Gasteiger partial charge in [0, 0.05) is 50.6 Å². The van der Waals surface area contributed by atoms with Gasteiger partial charge in [0.05, 0.1) is 92.7 Å². The molecule has 2 fully saturated rings. The number of carboxylic acid groups (broad SMARTS) is 1. The zero-order valence-corrected chi connectivity index (χ0v) is 44.5. The number of cyclic esters (lactones) is 1. The maximum atomic E-state index is 12.8. The number of aliphatic carboxylic acids is 1. The van der Waals surface area contributed by atoms with E-state index in [1.54, 1.807) is 98.6 Å². The van der Waals surface area contributed by atoms with Crippen molar-refractivity contribution < 1.29 is 84.7 Å². The number of aliphatic hydroxyl groups excluding tert-OH is 9. The molecular formula is C53H87N7O17. The van der Waals surface area contributed by atoms with Gasteiger partial charge in [0.1, 0.15) is 18.1 Å². The van der Waals surface area contributed by atoms with Crippen LogP contribution < -0.4 is 22.9 Å². The number of aliphatic hydroxyl groups is 10. The highest BCUT2D eigenvalue weighted by molar-refractivity contribution is 5.76. The monoisotopic (exact) mass is 1090 g/mol. The topological polar surface area (TPSA) is 426 Å². The summed E-state index contributed by atoms with van der Waals surface area (Å²) in [4.78, 5) is 35.2. The maximum Gasteiger partial charge on any atom is 0.311 e. The SMILES string of the molecule is C[C@@H]1[C@H](O)[C@@H](C)C=CC=CC=CC=CC=CC=CC=C[C@H](O[C@@H]2O[C@H](C)[C@@H](O)[C@H](N(CCN=C(N)N)CCN=C(N)N)[C@@H]2O)CC2O[C@](O)(C[C@@H](O)C[C@@H](O)[C@H](O)CC[C@@H](O)C[C@@H](O)CC(=O)O[C@H]1C)C[C@H](O)[C@H]2C(=O)O. The molecule has 0 spiro atoms. The molecule has 77 heavy (non-hydrogen) atoms. The Morgan fingerprint density at radius 3 is 1.75 bits per heavy atom. The second-order valence-electron chi connectivity index (χ2n) is 20.1. The first kappa shape index (κ1) is 66.4. The van der Waals surface area contributed by atoms with Crippen molar-refractivity contribution in [2.24, 2.45) is 50.7 Å². The van der Waals surface area contributed by atoms with Crippen LogP contribution in [0.4, 0.5) is 0 Å². The maximum absolute atomic E-state index is 12.8. The molecule has 19 N–H and O–H groups in total. The highest BCUT2D eigenvalue weighted by Crippen LogP contribution is 2.38. The van der Waals surface area contributed by atoms with E-state index in [1.165, 1.54) is 6.08 Å². The number of carbonyl (C=O) groups excluding carboxylic acids is 1. The summed E-state index contributed by atoms with van der Waals surface area (Å²) in [7, 11) is 0. The van der Waals surface area contributed by atoms with E-state index in [9.17, 15) is 65.8 Å². The standard InChI is InChI=1S/C53H87N7O17/c1-31-17-15-13-11-9-7-5-6-8-10-12-14-16-18-38(76-50-48(70)45(47(69)34(4)75-50)60(23-21-58-51(54)55)24-22-59-52(56)57)28-42-44(49(71)72)41(66)30-53(73,77-42)29-37(63)26-40(65)39(64)20-19-35(61)25-36(62)27-43(67)74-33(3)32(2)46(31)68/h5-18,31-42,44-48,50,61-66,68-70,73H,19-30H2,1-4H3,(H,71,72)(H4,54,55,58)(H4,56,57,59)/t31-,32-,33-,34+,35+,36+,37-,38-,39+,40+,41-,42?,44+,45-,46+,47+,48-,50-,53+/m0/s1. The Labute approximate surface area is 450 Å². The fourth-order valence-electron chi connectivity index (χ4n) is 9.37. The zero-order valence-electron chi connectivity index (χ0n) is 44.5. The fraction of sp³-hybridized carbons (Fsp3) is 0.660. The first-order valence-corrected chi connectivity index (χ1v) is 26.1. The third-order valence-corrected chi connectivity index (χ3v) is 13.7. The van der Waals surface area contributed by atoms with Crippen LogP contribution in [0.15, 0.2) is 95.0 Å². The lowest BCUT2D eigenvalue weighted by atomic mass is 9.82.